The molecule has 1 aliphatic rings. The van der Waals surface area contributed by atoms with Gasteiger partial charge in [-0.1, -0.05) is 48.0 Å². The zero-order valence-electron chi connectivity index (χ0n) is 18.7. The number of methoxy groups -OCH3 is 1. The Bertz CT molecular complexity index is 1080. The maximum Gasteiger partial charge on any atom is 0.293 e. The lowest BCUT2D eigenvalue weighted by atomic mass is 10.1. The number of hydrogen-bond donors (Lipinski definition) is 1. The summed E-state index contributed by atoms with van der Waals surface area (Å²) in [7, 11) is 3.47. The van der Waals surface area contributed by atoms with Crippen LogP contribution >= 0.6 is 23.4 Å². The SMILES string of the molecule is COc1ccccc1C(C)N(C)CC(=O)NCCN1C(=O)S/C(=C\c2ccccc2Cl)C1=O. The highest BCUT2D eigenvalue weighted by Gasteiger charge is 2.34. The highest BCUT2D eigenvalue weighted by molar-refractivity contribution is 8.18. The minimum Gasteiger partial charge on any atom is -0.496 e. The van der Waals surface area contributed by atoms with Crippen LogP contribution in [0.3, 0.4) is 0 Å². The molecule has 0 saturated carbocycles. The maximum absolute atomic E-state index is 12.6. The molecule has 174 valence electrons. The molecular formula is C24H26ClN3O4S. The van der Waals surface area contributed by atoms with Crippen molar-refractivity contribution < 1.29 is 19.1 Å². The summed E-state index contributed by atoms with van der Waals surface area (Å²) >= 11 is 7.01. The summed E-state index contributed by atoms with van der Waals surface area (Å²) in [6, 6.07) is 14.7. The average molecular weight is 488 g/mol. The predicted molar refractivity (Wildman–Crippen MR) is 131 cm³/mol. The van der Waals surface area contributed by atoms with Crippen LogP contribution in [0.15, 0.2) is 53.4 Å². The van der Waals surface area contributed by atoms with Crippen LogP contribution in [0.4, 0.5) is 4.79 Å². The summed E-state index contributed by atoms with van der Waals surface area (Å²) in [4.78, 5) is 40.7. The highest BCUT2D eigenvalue weighted by Crippen LogP contribution is 2.33. The van der Waals surface area contributed by atoms with Crippen LogP contribution in [-0.4, -0.2) is 60.6 Å². The normalized spacial score (nSPS) is 15.9. The van der Waals surface area contributed by atoms with Crippen molar-refractivity contribution in [3.05, 3.63) is 69.6 Å². The van der Waals surface area contributed by atoms with Gasteiger partial charge in [0.05, 0.1) is 18.6 Å². The zero-order chi connectivity index (χ0) is 24.0. The number of hydrogen-bond acceptors (Lipinski definition) is 6. The molecule has 0 radical (unpaired) electrons. The number of ether oxygens (including phenoxy) is 1. The number of halogens is 1. The van der Waals surface area contributed by atoms with E-state index in [9.17, 15) is 14.4 Å². The standard InChI is InChI=1S/C24H26ClN3O4S/c1-16(18-9-5-7-11-20(18)32-3)27(2)15-22(29)26-12-13-28-23(30)21(33-24(28)31)14-17-8-4-6-10-19(17)25/h4-11,14,16H,12-13,15H2,1-3H3,(H,26,29)/b21-14-. The van der Waals surface area contributed by atoms with E-state index >= 15 is 0 Å². The second-order valence-corrected chi connectivity index (χ2v) is 8.94. The topological polar surface area (TPSA) is 79.0 Å². The zero-order valence-corrected chi connectivity index (χ0v) is 20.3. The van der Waals surface area contributed by atoms with E-state index in [1.165, 1.54) is 0 Å². The van der Waals surface area contributed by atoms with Crippen LogP contribution in [0.2, 0.25) is 5.02 Å². The Morgan fingerprint density at radius 3 is 2.64 bits per heavy atom. The van der Waals surface area contributed by atoms with Crippen molar-refractivity contribution >= 4 is 46.5 Å². The van der Waals surface area contributed by atoms with Gasteiger partial charge in [-0.3, -0.25) is 24.2 Å². The van der Waals surface area contributed by atoms with E-state index in [1.807, 2.05) is 49.2 Å². The molecule has 0 aromatic heterocycles. The molecule has 1 fully saturated rings. The number of para-hydroxylation sites is 1. The fourth-order valence-electron chi connectivity index (χ4n) is 3.40. The third kappa shape index (κ3) is 6.16. The molecule has 2 aromatic rings. The molecule has 7 nitrogen and oxygen atoms in total. The fourth-order valence-corrected chi connectivity index (χ4v) is 4.45. The van der Waals surface area contributed by atoms with Gasteiger partial charge in [0.25, 0.3) is 11.1 Å². The number of likely N-dealkylation sites (N-methyl/N-ethyl adjacent to an activating group) is 1. The van der Waals surface area contributed by atoms with E-state index in [-0.39, 0.29) is 42.7 Å². The molecule has 33 heavy (non-hydrogen) atoms. The minimum atomic E-state index is -0.388. The summed E-state index contributed by atoms with van der Waals surface area (Å²) in [6.45, 7) is 2.43. The van der Waals surface area contributed by atoms with Crippen molar-refractivity contribution in [2.24, 2.45) is 0 Å². The monoisotopic (exact) mass is 487 g/mol. The lowest BCUT2D eigenvalue weighted by molar-refractivity contribution is -0.124. The quantitative estimate of drug-likeness (QED) is 0.534. The van der Waals surface area contributed by atoms with Gasteiger partial charge < -0.3 is 10.1 Å². The van der Waals surface area contributed by atoms with E-state index < -0.39 is 0 Å². The van der Waals surface area contributed by atoms with Gasteiger partial charge in [-0.2, -0.15) is 0 Å². The van der Waals surface area contributed by atoms with Crippen LogP contribution in [0, 0.1) is 0 Å². The van der Waals surface area contributed by atoms with Crippen LogP contribution in [0.25, 0.3) is 6.08 Å². The summed E-state index contributed by atoms with van der Waals surface area (Å²) in [6.07, 6.45) is 1.61. The first-order chi connectivity index (χ1) is 15.8. The molecule has 1 aliphatic heterocycles. The van der Waals surface area contributed by atoms with Crippen molar-refractivity contribution in [1.29, 1.82) is 0 Å². The predicted octanol–water partition coefficient (Wildman–Crippen LogP) is 4.19. The molecule has 1 N–H and O–H groups in total. The smallest absolute Gasteiger partial charge is 0.293 e. The number of thioether (sulfide) groups is 1. The largest absolute Gasteiger partial charge is 0.496 e. The summed E-state index contributed by atoms with van der Waals surface area (Å²) in [5.41, 5.74) is 1.66. The average Bonchev–Trinajstić information content (AvgIpc) is 3.07. The van der Waals surface area contributed by atoms with E-state index in [0.29, 0.717) is 15.5 Å². The number of amides is 3. The molecule has 1 atom stereocenters. The fraction of sp³-hybridized carbons (Fsp3) is 0.292. The lowest BCUT2D eigenvalue weighted by Gasteiger charge is -2.26. The molecule has 2 aromatic carbocycles. The molecule has 1 unspecified atom stereocenters. The van der Waals surface area contributed by atoms with E-state index in [1.54, 1.807) is 31.4 Å². The maximum atomic E-state index is 12.6. The van der Waals surface area contributed by atoms with E-state index in [4.69, 9.17) is 16.3 Å². The first-order valence-corrected chi connectivity index (χ1v) is 11.6. The Morgan fingerprint density at radius 1 is 1.21 bits per heavy atom. The van der Waals surface area contributed by atoms with Gasteiger partial charge in [-0.25, -0.2) is 0 Å². The Hall–Kier alpha value is -2.81. The van der Waals surface area contributed by atoms with Gasteiger partial charge in [0.2, 0.25) is 5.91 Å². The van der Waals surface area contributed by atoms with Crippen LogP contribution in [-0.2, 0) is 9.59 Å². The number of carbonyl (C=O) groups excluding carboxylic acids is 3. The van der Waals surface area contributed by atoms with Crippen LogP contribution in [0.1, 0.15) is 24.1 Å². The summed E-state index contributed by atoms with van der Waals surface area (Å²) < 4.78 is 5.41. The molecule has 0 spiro atoms. The van der Waals surface area contributed by atoms with Gasteiger partial charge in [-0.15, -0.1) is 0 Å². The number of imide groups is 1. The Balaban J connectivity index is 1.51. The van der Waals surface area contributed by atoms with Crippen molar-refractivity contribution in [2.75, 3.05) is 33.8 Å². The Labute approximate surface area is 202 Å². The Kier molecular flexibility index (Phi) is 8.55. The molecule has 1 saturated heterocycles. The third-order valence-corrected chi connectivity index (χ3v) is 6.62. The molecule has 1 heterocycles. The minimum absolute atomic E-state index is 0.0393. The van der Waals surface area contributed by atoms with E-state index in [2.05, 4.69) is 5.32 Å². The molecule has 3 amide bonds. The molecule has 0 bridgehead atoms. The lowest BCUT2D eigenvalue weighted by Crippen LogP contribution is -2.41. The number of benzene rings is 2. The second-order valence-electron chi connectivity index (χ2n) is 7.54. The van der Waals surface area contributed by atoms with Gasteiger partial charge in [0.1, 0.15) is 5.75 Å². The number of rotatable bonds is 9. The van der Waals surface area contributed by atoms with Gasteiger partial charge >= 0.3 is 0 Å². The number of nitrogens with zero attached hydrogens (tertiary/aromatic N) is 2. The van der Waals surface area contributed by atoms with Crippen molar-refractivity contribution in [3.8, 4) is 5.75 Å². The molecule has 0 aliphatic carbocycles. The number of nitrogens with one attached hydrogen (secondary N) is 1. The first kappa shape index (κ1) is 24.8. The van der Waals surface area contributed by atoms with Gasteiger partial charge in [-0.05, 0) is 49.5 Å². The molecule has 9 heteroatoms. The first-order valence-electron chi connectivity index (χ1n) is 10.4. The number of carbonyl (C=O) groups is 3. The van der Waals surface area contributed by atoms with Gasteiger partial charge in [0.15, 0.2) is 0 Å². The van der Waals surface area contributed by atoms with Gasteiger partial charge in [0, 0.05) is 29.7 Å². The van der Waals surface area contributed by atoms with E-state index in [0.717, 1.165) is 28.0 Å². The highest BCUT2D eigenvalue weighted by atomic mass is 35.5. The summed E-state index contributed by atoms with van der Waals surface area (Å²) in [5, 5.41) is 2.92. The van der Waals surface area contributed by atoms with Crippen LogP contribution in [0.5, 0.6) is 5.75 Å². The van der Waals surface area contributed by atoms with Crippen molar-refractivity contribution in [3.63, 3.8) is 0 Å². The van der Waals surface area contributed by atoms with Crippen molar-refractivity contribution in [2.45, 2.75) is 13.0 Å². The second kappa shape index (κ2) is 11.4. The third-order valence-electron chi connectivity index (χ3n) is 5.37. The summed E-state index contributed by atoms with van der Waals surface area (Å²) in [5.74, 6) is 0.181. The molecular weight excluding hydrogens is 462 g/mol. The van der Waals surface area contributed by atoms with Crippen molar-refractivity contribution in [1.82, 2.24) is 15.1 Å². The molecule has 3 rings (SSSR count). The Morgan fingerprint density at radius 2 is 1.91 bits per heavy atom. The van der Waals surface area contributed by atoms with Crippen LogP contribution < -0.4 is 10.1 Å².